The van der Waals surface area contributed by atoms with Crippen LogP contribution >= 0.6 is 0 Å². The molecule has 1 aromatic heterocycles. The van der Waals surface area contributed by atoms with Gasteiger partial charge in [-0.05, 0) is 12.1 Å². The number of rotatable bonds is 5. The summed E-state index contributed by atoms with van der Waals surface area (Å²) in [6.07, 6.45) is 1.66. The quantitative estimate of drug-likeness (QED) is 0.444. The lowest BCUT2D eigenvalue weighted by Gasteiger charge is -2.07. The van der Waals surface area contributed by atoms with E-state index < -0.39 is 0 Å². The molecule has 1 aromatic rings. The van der Waals surface area contributed by atoms with Crippen LogP contribution in [0.1, 0.15) is 5.69 Å². The van der Waals surface area contributed by atoms with Crippen molar-refractivity contribution >= 4 is 17.9 Å². The summed E-state index contributed by atoms with van der Waals surface area (Å²) in [5, 5.41) is 6.96. The van der Waals surface area contributed by atoms with Crippen LogP contribution in [0.5, 0.6) is 0 Å². The molecule has 0 spiro atoms. The first-order valence-electron chi connectivity index (χ1n) is 4.93. The van der Waals surface area contributed by atoms with E-state index in [1.54, 1.807) is 6.34 Å². The Morgan fingerprint density at radius 1 is 1.50 bits per heavy atom. The van der Waals surface area contributed by atoms with Crippen LogP contribution in [0.2, 0.25) is 0 Å². The average molecular weight is 219 g/mol. The van der Waals surface area contributed by atoms with Crippen LogP contribution in [0, 0.1) is 0 Å². The van der Waals surface area contributed by atoms with Crippen LogP contribution in [-0.4, -0.2) is 37.4 Å². The van der Waals surface area contributed by atoms with Crippen molar-refractivity contribution in [1.29, 1.82) is 0 Å². The fraction of sp³-hybridized carbons (Fsp3) is 0.273. The molecule has 86 valence electrons. The molecule has 0 aliphatic carbocycles. The molecular formula is C11H17N5. The van der Waals surface area contributed by atoms with Crippen LogP contribution in [0.3, 0.4) is 0 Å². The highest BCUT2D eigenvalue weighted by molar-refractivity contribution is 5.61. The summed E-state index contributed by atoms with van der Waals surface area (Å²) in [4.78, 5) is 6.16. The van der Waals surface area contributed by atoms with E-state index >= 15 is 0 Å². The third kappa shape index (κ3) is 3.61. The molecule has 0 saturated heterocycles. The summed E-state index contributed by atoms with van der Waals surface area (Å²) < 4.78 is 0. The Morgan fingerprint density at radius 2 is 2.25 bits per heavy atom. The number of hydrazone groups is 1. The van der Waals surface area contributed by atoms with Crippen molar-refractivity contribution in [3.05, 3.63) is 30.5 Å². The highest BCUT2D eigenvalue weighted by Crippen LogP contribution is 2.09. The molecule has 2 N–H and O–H groups in total. The highest BCUT2D eigenvalue weighted by Gasteiger charge is 1.99. The maximum atomic E-state index is 4.33. The Balaban J connectivity index is 2.65. The van der Waals surface area contributed by atoms with Crippen LogP contribution in [-0.2, 0) is 0 Å². The standard InChI is InChI=1S/C11H17N5/c1-9(15-13-8-16(3)4)10-6-5-7-11(12-2)14-10/h5-8,15H,1H2,2-4H3,(H,12,14)/b13-8+. The lowest BCUT2D eigenvalue weighted by Crippen LogP contribution is -2.12. The van der Waals surface area contributed by atoms with Gasteiger partial charge in [-0.3, -0.25) is 5.43 Å². The Bertz CT molecular complexity index is 384. The van der Waals surface area contributed by atoms with Crippen molar-refractivity contribution in [2.45, 2.75) is 0 Å². The van der Waals surface area contributed by atoms with Gasteiger partial charge < -0.3 is 10.2 Å². The second-order valence-corrected chi connectivity index (χ2v) is 3.46. The molecule has 0 fully saturated rings. The Labute approximate surface area is 95.9 Å². The zero-order valence-electron chi connectivity index (χ0n) is 9.86. The number of nitrogens with one attached hydrogen (secondary N) is 2. The summed E-state index contributed by atoms with van der Waals surface area (Å²) in [5.74, 6) is 0.803. The molecule has 1 heterocycles. The van der Waals surface area contributed by atoms with Crippen LogP contribution in [0.4, 0.5) is 5.82 Å². The Hall–Kier alpha value is -2.04. The number of anilines is 1. The largest absolute Gasteiger partial charge is 0.373 e. The summed E-state index contributed by atoms with van der Waals surface area (Å²) >= 11 is 0. The van der Waals surface area contributed by atoms with Gasteiger partial charge in [0.25, 0.3) is 0 Å². The number of nitrogens with zero attached hydrogens (tertiary/aromatic N) is 3. The molecule has 0 aliphatic rings. The van der Waals surface area contributed by atoms with E-state index in [9.17, 15) is 0 Å². The molecule has 0 radical (unpaired) electrons. The summed E-state index contributed by atoms with van der Waals surface area (Å²) in [7, 11) is 5.62. The van der Waals surface area contributed by atoms with Crippen molar-refractivity contribution in [2.75, 3.05) is 26.5 Å². The molecule has 0 saturated carbocycles. The number of pyridine rings is 1. The van der Waals surface area contributed by atoms with Crippen LogP contribution in [0.15, 0.2) is 29.9 Å². The van der Waals surface area contributed by atoms with Gasteiger partial charge in [-0.15, -0.1) is 0 Å². The van der Waals surface area contributed by atoms with E-state index in [-0.39, 0.29) is 0 Å². The van der Waals surface area contributed by atoms with Gasteiger partial charge in [-0.1, -0.05) is 12.6 Å². The smallest absolute Gasteiger partial charge is 0.126 e. The van der Waals surface area contributed by atoms with Gasteiger partial charge in [0.05, 0.1) is 11.4 Å². The Kier molecular flexibility index (Phi) is 4.32. The van der Waals surface area contributed by atoms with Gasteiger partial charge >= 0.3 is 0 Å². The van der Waals surface area contributed by atoms with Crippen molar-refractivity contribution in [3.8, 4) is 0 Å². The van der Waals surface area contributed by atoms with Gasteiger partial charge in [0.1, 0.15) is 12.2 Å². The van der Waals surface area contributed by atoms with Gasteiger partial charge in [-0.25, -0.2) is 4.98 Å². The summed E-state index contributed by atoms with van der Waals surface area (Å²) in [6, 6.07) is 5.68. The highest BCUT2D eigenvalue weighted by atomic mass is 15.3. The lowest BCUT2D eigenvalue weighted by molar-refractivity contribution is 0.636. The average Bonchev–Trinajstić information content (AvgIpc) is 2.28. The van der Waals surface area contributed by atoms with E-state index in [1.807, 2.05) is 44.2 Å². The molecule has 0 bridgehead atoms. The van der Waals surface area contributed by atoms with E-state index in [0.717, 1.165) is 11.5 Å². The van der Waals surface area contributed by atoms with Gasteiger partial charge in [0.2, 0.25) is 0 Å². The zero-order chi connectivity index (χ0) is 12.0. The minimum Gasteiger partial charge on any atom is -0.373 e. The van der Waals surface area contributed by atoms with E-state index in [0.29, 0.717) is 5.70 Å². The molecular weight excluding hydrogens is 202 g/mol. The maximum Gasteiger partial charge on any atom is 0.126 e. The van der Waals surface area contributed by atoms with Crippen molar-refractivity contribution in [2.24, 2.45) is 5.10 Å². The first kappa shape index (κ1) is 12.0. The van der Waals surface area contributed by atoms with Crippen LogP contribution in [0.25, 0.3) is 5.70 Å². The summed E-state index contributed by atoms with van der Waals surface area (Å²) in [6.45, 7) is 3.86. The molecule has 0 unspecified atom stereocenters. The molecule has 0 aromatic carbocycles. The predicted octanol–water partition coefficient (Wildman–Crippen LogP) is 1.19. The molecule has 16 heavy (non-hydrogen) atoms. The zero-order valence-corrected chi connectivity index (χ0v) is 9.86. The first-order valence-corrected chi connectivity index (χ1v) is 4.93. The molecule has 0 atom stereocenters. The molecule has 5 heteroatoms. The second-order valence-electron chi connectivity index (χ2n) is 3.46. The van der Waals surface area contributed by atoms with Crippen LogP contribution < -0.4 is 10.7 Å². The summed E-state index contributed by atoms with van der Waals surface area (Å²) in [5.41, 5.74) is 4.25. The van der Waals surface area contributed by atoms with E-state index in [1.165, 1.54) is 0 Å². The van der Waals surface area contributed by atoms with E-state index in [2.05, 4.69) is 27.4 Å². The number of hydrogen-bond donors (Lipinski definition) is 2. The fourth-order valence-corrected chi connectivity index (χ4v) is 1.02. The number of hydrogen-bond acceptors (Lipinski definition) is 4. The number of aromatic nitrogens is 1. The monoisotopic (exact) mass is 219 g/mol. The van der Waals surface area contributed by atoms with Gasteiger partial charge in [-0.2, -0.15) is 5.10 Å². The normalized spacial score (nSPS) is 10.2. The third-order valence-electron chi connectivity index (χ3n) is 1.80. The van der Waals surface area contributed by atoms with Gasteiger partial charge in [0, 0.05) is 21.1 Å². The SMILES string of the molecule is C=C(N/N=C/N(C)C)c1cccc(NC)n1. The topological polar surface area (TPSA) is 52.6 Å². The van der Waals surface area contributed by atoms with Crippen molar-refractivity contribution < 1.29 is 0 Å². The van der Waals surface area contributed by atoms with Crippen molar-refractivity contribution in [3.63, 3.8) is 0 Å². The molecule has 1 rings (SSSR count). The fourth-order valence-electron chi connectivity index (χ4n) is 1.02. The lowest BCUT2D eigenvalue weighted by atomic mass is 10.3. The predicted molar refractivity (Wildman–Crippen MR) is 68.1 cm³/mol. The first-order chi connectivity index (χ1) is 7.63. The molecule has 0 aliphatic heterocycles. The van der Waals surface area contributed by atoms with E-state index in [4.69, 9.17) is 0 Å². The molecule has 5 nitrogen and oxygen atoms in total. The molecule has 0 amide bonds. The Morgan fingerprint density at radius 3 is 2.88 bits per heavy atom. The third-order valence-corrected chi connectivity index (χ3v) is 1.80. The van der Waals surface area contributed by atoms with Crippen molar-refractivity contribution in [1.82, 2.24) is 15.3 Å². The minimum atomic E-state index is 0.662. The second kappa shape index (κ2) is 5.75. The van der Waals surface area contributed by atoms with Gasteiger partial charge in [0.15, 0.2) is 0 Å². The maximum absolute atomic E-state index is 4.33. The minimum absolute atomic E-state index is 0.662.